The predicted octanol–water partition coefficient (Wildman–Crippen LogP) is 10.0. The molecule has 0 bridgehead atoms. The second-order valence-electron chi connectivity index (χ2n) is 12.3. The van der Waals surface area contributed by atoms with Gasteiger partial charge in [0.2, 0.25) is 0 Å². The summed E-state index contributed by atoms with van der Waals surface area (Å²) in [5, 5.41) is 16.6. The third kappa shape index (κ3) is 59.2. The predicted molar refractivity (Wildman–Crippen MR) is 204 cm³/mol. The van der Waals surface area contributed by atoms with Crippen molar-refractivity contribution in [2.75, 3.05) is 34.0 Å². The Balaban J connectivity index is -0.000000321. The first-order valence-electron chi connectivity index (χ1n) is 19.7. The number of carbonyl (C=O) groups is 2. The Morgan fingerprint density at radius 1 is 0.551 bits per heavy atom. The Morgan fingerprint density at radius 2 is 0.857 bits per heavy atom. The fourth-order valence-corrected chi connectivity index (χ4v) is 5.38. The van der Waals surface area contributed by atoms with Crippen molar-refractivity contribution < 1.29 is 41.3 Å². The van der Waals surface area contributed by atoms with Crippen LogP contribution in [0.5, 0.6) is 0 Å². The summed E-state index contributed by atoms with van der Waals surface area (Å²) in [7, 11) is -1.36. The van der Waals surface area contributed by atoms with Gasteiger partial charge in [0.25, 0.3) is 0 Å². The summed E-state index contributed by atoms with van der Waals surface area (Å²) in [6.45, 7) is 6.29. The van der Waals surface area contributed by atoms with Crippen LogP contribution in [0.4, 0.5) is 0 Å². The maximum Gasteiger partial charge on any atom is 0.399 e. The van der Waals surface area contributed by atoms with Gasteiger partial charge in [0.15, 0.2) is 0 Å². The molecule has 0 saturated heterocycles. The number of aliphatic carboxylic acids is 1. The van der Waals surface area contributed by atoms with Gasteiger partial charge in [0.1, 0.15) is 0 Å². The molecular formula is C38H81NO9S. The zero-order valence-corrected chi connectivity index (χ0v) is 33.5. The number of esters is 1. The molecule has 0 fully saturated rings. The van der Waals surface area contributed by atoms with Crippen molar-refractivity contribution in [3.05, 3.63) is 0 Å². The minimum absolute atomic E-state index is 0.0319. The van der Waals surface area contributed by atoms with Gasteiger partial charge in [-0.1, -0.05) is 168 Å². The van der Waals surface area contributed by atoms with E-state index in [1.54, 1.807) is 0 Å². The maximum atomic E-state index is 11.1. The Hall–Kier alpha value is -1.27. The largest absolute Gasteiger partial charge is 0.481 e. The van der Waals surface area contributed by atoms with Crippen LogP contribution >= 0.6 is 0 Å². The smallest absolute Gasteiger partial charge is 0.399 e. The van der Waals surface area contributed by atoms with Gasteiger partial charge < -0.3 is 20.7 Å². The average molecular weight is 728 g/mol. The van der Waals surface area contributed by atoms with Crippen molar-refractivity contribution in [2.24, 2.45) is 5.73 Å². The van der Waals surface area contributed by atoms with Crippen LogP contribution in [0.1, 0.15) is 201 Å². The van der Waals surface area contributed by atoms with Crippen molar-refractivity contribution >= 4 is 22.3 Å². The van der Waals surface area contributed by atoms with Crippen LogP contribution in [0.3, 0.4) is 0 Å². The summed E-state index contributed by atoms with van der Waals surface area (Å²) < 4.78 is 33.2. The molecule has 0 aromatic carbocycles. The van der Waals surface area contributed by atoms with Crippen molar-refractivity contribution in [1.29, 1.82) is 0 Å². The highest BCUT2D eigenvalue weighted by molar-refractivity contribution is 7.81. The molecule has 0 aliphatic heterocycles. The van der Waals surface area contributed by atoms with Crippen LogP contribution in [0, 0.1) is 0 Å². The first-order valence-corrected chi connectivity index (χ1v) is 21.0. The van der Waals surface area contributed by atoms with Gasteiger partial charge in [0.05, 0.1) is 26.9 Å². The number of carbonyl (C=O) groups excluding carboxylic acids is 1. The number of aliphatic hydroxyl groups is 1. The minimum Gasteiger partial charge on any atom is -0.481 e. The number of hydrogen-bond donors (Lipinski definition) is 3. The van der Waals surface area contributed by atoms with E-state index in [1.165, 1.54) is 155 Å². The molecule has 0 aliphatic rings. The monoisotopic (exact) mass is 728 g/mol. The molecule has 0 spiro atoms. The van der Waals surface area contributed by atoms with Gasteiger partial charge in [-0.15, -0.1) is 0 Å². The zero-order valence-electron chi connectivity index (χ0n) is 32.7. The lowest BCUT2D eigenvalue weighted by molar-refractivity contribution is -0.143. The lowest BCUT2D eigenvalue weighted by atomic mass is 10.0. The molecule has 0 amide bonds. The summed E-state index contributed by atoms with van der Waals surface area (Å²) in [4.78, 5) is 21.4. The Labute approximate surface area is 303 Å². The standard InChI is InChI=1S/C18H36O2.C16H32O2.C3H8O5S.CH5N/c1-3-5-6-7-8-9-10-11-12-13-14-15-16-17-18(19)20-4-2;1-2-3-4-5-6-7-8-9-10-11-12-13-14-15-16(17)18;1-7-9(5,6)8-3-2-4;1-2/h3-17H2,1-2H3;2-15H2,1H3,(H,17,18);4H,2-3H2,1H3;2H2,1H3. The quantitative estimate of drug-likeness (QED) is 0.0438. The number of carboxylic acid groups (broad SMARTS) is 1. The molecule has 0 saturated carbocycles. The highest BCUT2D eigenvalue weighted by Crippen LogP contribution is 2.14. The van der Waals surface area contributed by atoms with E-state index >= 15 is 0 Å². The van der Waals surface area contributed by atoms with E-state index in [-0.39, 0.29) is 19.2 Å². The second-order valence-corrected chi connectivity index (χ2v) is 13.7. The number of unbranched alkanes of at least 4 members (excludes halogenated alkanes) is 24. The fourth-order valence-electron chi connectivity index (χ4n) is 5.00. The van der Waals surface area contributed by atoms with Crippen LogP contribution < -0.4 is 5.73 Å². The van der Waals surface area contributed by atoms with Gasteiger partial charge in [0, 0.05) is 12.8 Å². The van der Waals surface area contributed by atoms with Gasteiger partial charge in [-0.05, 0) is 26.8 Å². The topological polar surface area (TPSA) is 162 Å². The molecule has 0 atom stereocenters. The van der Waals surface area contributed by atoms with Crippen molar-refractivity contribution in [3.63, 3.8) is 0 Å². The van der Waals surface area contributed by atoms with Gasteiger partial charge in [-0.3, -0.25) is 13.8 Å². The van der Waals surface area contributed by atoms with Crippen LogP contribution in [0.25, 0.3) is 0 Å². The van der Waals surface area contributed by atoms with Crippen LogP contribution in [0.2, 0.25) is 0 Å². The summed E-state index contributed by atoms with van der Waals surface area (Å²) in [6.07, 6.45) is 35.3. The number of aliphatic hydroxyl groups excluding tert-OH is 1. The van der Waals surface area contributed by atoms with Crippen molar-refractivity contribution in [3.8, 4) is 0 Å². The van der Waals surface area contributed by atoms with E-state index in [2.05, 4.69) is 27.9 Å². The molecule has 298 valence electrons. The van der Waals surface area contributed by atoms with Gasteiger partial charge in [-0.2, -0.15) is 8.42 Å². The molecule has 0 radical (unpaired) electrons. The van der Waals surface area contributed by atoms with Crippen molar-refractivity contribution in [1.82, 2.24) is 0 Å². The molecule has 0 rings (SSSR count). The maximum absolute atomic E-state index is 11.1. The molecule has 11 heteroatoms. The molecule has 0 aromatic heterocycles. The SMILES string of the molecule is CCCCCCCCCCCCCCCC(=O)O.CCCCCCCCCCCCCCCC(=O)OCC.CN.COS(=O)(=O)OCCO. The highest BCUT2D eigenvalue weighted by atomic mass is 32.3. The molecule has 49 heavy (non-hydrogen) atoms. The molecule has 0 aliphatic carbocycles. The second kappa shape index (κ2) is 48.8. The summed E-state index contributed by atoms with van der Waals surface area (Å²) in [5.74, 6) is -0.686. The lowest BCUT2D eigenvalue weighted by Gasteiger charge is -2.03. The third-order valence-corrected chi connectivity index (χ3v) is 8.67. The number of nitrogens with two attached hydrogens (primary N) is 1. The average Bonchev–Trinajstić information content (AvgIpc) is 3.09. The molecule has 10 nitrogen and oxygen atoms in total. The molecular weight excluding hydrogens is 646 g/mol. The number of rotatable bonds is 33. The normalized spacial score (nSPS) is 10.6. The van der Waals surface area contributed by atoms with Crippen LogP contribution in [0.15, 0.2) is 0 Å². The zero-order chi connectivity index (χ0) is 37.7. The Bertz CT molecular complexity index is 737. The highest BCUT2D eigenvalue weighted by Gasteiger charge is 2.06. The van der Waals surface area contributed by atoms with E-state index in [0.717, 1.165) is 26.4 Å². The fraction of sp³-hybridized carbons (Fsp3) is 0.947. The van der Waals surface area contributed by atoms with E-state index in [9.17, 15) is 18.0 Å². The molecule has 0 aromatic rings. The minimum atomic E-state index is -3.84. The van der Waals surface area contributed by atoms with Gasteiger partial charge in [-0.25, -0.2) is 4.18 Å². The van der Waals surface area contributed by atoms with Crippen LogP contribution in [-0.2, 0) is 33.1 Å². The molecule has 0 unspecified atom stereocenters. The van der Waals surface area contributed by atoms with Crippen molar-refractivity contribution in [2.45, 2.75) is 201 Å². The lowest BCUT2D eigenvalue weighted by Crippen LogP contribution is -2.10. The van der Waals surface area contributed by atoms with E-state index in [1.807, 2.05) is 6.92 Å². The van der Waals surface area contributed by atoms with E-state index < -0.39 is 16.4 Å². The first-order chi connectivity index (χ1) is 23.7. The number of ether oxygens (including phenoxy) is 1. The third-order valence-electron chi connectivity index (χ3n) is 7.81. The van der Waals surface area contributed by atoms with E-state index in [4.69, 9.17) is 14.9 Å². The van der Waals surface area contributed by atoms with E-state index in [0.29, 0.717) is 19.4 Å². The molecule has 4 N–H and O–H groups in total. The Kier molecular flexibility index (Phi) is 54.3. The number of carboxylic acids is 1. The van der Waals surface area contributed by atoms with Gasteiger partial charge >= 0.3 is 22.3 Å². The molecule has 0 heterocycles. The van der Waals surface area contributed by atoms with Crippen LogP contribution in [-0.4, -0.2) is 64.5 Å². The summed E-state index contributed by atoms with van der Waals surface area (Å²) >= 11 is 0. The summed E-state index contributed by atoms with van der Waals surface area (Å²) in [6, 6.07) is 0. The number of hydrogen-bond acceptors (Lipinski definition) is 9. The Morgan fingerprint density at radius 3 is 1.12 bits per heavy atom. The summed E-state index contributed by atoms with van der Waals surface area (Å²) in [5.41, 5.74) is 4.50. The first kappa shape index (κ1) is 54.5.